The van der Waals surface area contributed by atoms with Crippen LogP contribution in [-0.4, -0.2) is 40.6 Å². The minimum Gasteiger partial charge on any atom is -0.497 e. The van der Waals surface area contributed by atoms with E-state index in [2.05, 4.69) is 10.0 Å². The number of benzene rings is 2. The zero-order valence-corrected chi connectivity index (χ0v) is 17.2. The monoisotopic (exact) mass is 418 g/mol. The highest BCUT2D eigenvalue weighted by Crippen LogP contribution is 2.21. The first-order valence-electron chi connectivity index (χ1n) is 9.65. The van der Waals surface area contributed by atoms with E-state index < -0.39 is 10.0 Å². The van der Waals surface area contributed by atoms with Crippen molar-refractivity contribution < 1.29 is 22.7 Å². The lowest BCUT2D eigenvalue weighted by molar-refractivity contribution is 0.0946. The van der Waals surface area contributed by atoms with Gasteiger partial charge in [0.05, 0.1) is 18.6 Å². The summed E-state index contributed by atoms with van der Waals surface area (Å²) >= 11 is 0. The smallest absolute Gasteiger partial charge is 0.251 e. The van der Waals surface area contributed by atoms with Crippen LogP contribution >= 0.6 is 0 Å². The second kappa shape index (κ2) is 9.76. The van der Waals surface area contributed by atoms with Crippen molar-refractivity contribution in [2.45, 2.75) is 36.6 Å². The third-order valence-corrected chi connectivity index (χ3v) is 6.30. The van der Waals surface area contributed by atoms with Gasteiger partial charge in [-0.1, -0.05) is 25.0 Å². The van der Waals surface area contributed by atoms with Crippen molar-refractivity contribution in [2.75, 3.05) is 20.3 Å². The summed E-state index contributed by atoms with van der Waals surface area (Å²) in [7, 11) is -2.05. The highest BCUT2D eigenvalue weighted by Gasteiger charge is 2.23. The first-order valence-corrected chi connectivity index (χ1v) is 11.1. The molecular weight excluding hydrogens is 392 g/mol. The van der Waals surface area contributed by atoms with Crippen molar-refractivity contribution in [3.05, 3.63) is 54.1 Å². The molecule has 0 atom stereocenters. The molecule has 0 heterocycles. The van der Waals surface area contributed by atoms with Gasteiger partial charge in [-0.25, -0.2) is 13.1 Å². The Hall–Kier alpha value is -2.58. The standard InChI is InChI=1S/C21H26N2O5S/c1-27-18-9-5-10-19(15-18)28-13-12-22-21(24)16-6-4-11-20(14-16)29(25,26)23-17-7-2-3-8-17/h4-6,9-11,14-15,17,23H,2-3,7-8,12-13H2,1H3,(H,22,24). The molecule has 2 N–H and O–H groups in total. The van der Waals surface area contributed by atoms with Gasteiger partial charge in [-0.3, -0.25) is 4.79 Å². The Kier molecular flexibility index (Phi) is 7.11. The number of ether oxygens (including phenoxy) is 2. The molecule has 1 aliphatic rings. The molecule has 0 bridgehead atoms. The zero-order valence-electron chi connectivity index (χ0n) is 16.4. The fraction of sp³-hybridized carbons (Fsp3) is 0.381. The second-order valence-corrected chi connectivity index (χ2v) is 8.63. The summed E-state index contributed by atoms with van der Waals surface area (Å²) in [4.78, 5) is 12.5. The van der Waals surface area contributed by atoms with Crippen LogP contribution in [0.2, 0.25) is 0 Å². The van der Waals surface area contributed by atoms with Crippen LogP contribution in [0, 0.1) is 0 Å². The minimum absolute atomic E-state index is 0.0220. The molecule has 3 rings (SSSR count). The number of nitrogens with one attached hydrogen (secondary N) is 2. The third kappa shape index (κ3) is 5.95. The SMILES string of the molecule is COc1cccc(OCCNC(=O)c2cccc(S(=O)(=O)NC3CCCC3)c2)c1. The van der Waals surface area contributed by atoms with E-state index in [9.17, 15) is 13.2 Å². The summed E-state index contributed by atoms with van der Waals surface area (Å²) in [6.45, 7) is 0.563. The average Bonchev–Trinajstić information content (AvgIpc) is 3.23. The molecule has 0 spiro atoms. The van der Waals surface area contributed by atoms with Crippen LogP contribution < -0.4 is 19.5 Å². The van der Waals surface area contributed by atoms with Crippen molar-refractivity contribution in [1.82, 2.24) is 10.0 Å². The molecule has 29 heavy (non-hydrogen) atoms. The lowest BCUT2D eigenvalue weighted by Gasteiger charge is -2.13. The van der Waals surface area contributed by atoms with E-state index in [1.165, 1.54) is 12.1 Å². The molecule has 1 aliphatic carbocycles. The highest BCUT2D eigenvalue weighted by atomic mass is 32.2. The molecule has 2 aromatic carbocycles. The molecule has 156 valence electrons. The van der Waals surface area contributed by atoms with Crippen molar-refractivity contribution >= 4 is 15.9 Å². The number of sulfonamides is 1. The second-order valence-electron chi connectivity index (χ2n) is 6.91. The predicted octanol–water partition coefficient (Wildman–Crippen LogP) is 2.72. The summed E-state index contributed by atoms with van der Waals surface area (Å²) in [5, 5.41) is 2.74. The highest BCUT2D eigenvalue weighted by molar-refractivity contribution is 7.89. The Bertz CT molecular complexity index is 940. The van der Waals surface area contributed by atoms with Crippen LogP contribution in [0.5, 0.6) is 11.5 Å². The lowest BCUT2D eigenvalue weighted by Crippen LogP contribution is -2.33. The van der Waals surface area contributed by atoms with Crippen LogP contribution in [0.25, 0.3) is 0 Å². The Morgan fingerprint density at radius 3 is 2.55 bits per heavy atom. The molecule has 0 aliphatic heterocycles. The Balaban J connectivity index is 1.53. The summed E-state index contributed by atoms with van der Waals surface area (Å²) in [5.41, 5.74) is 0.292. The molecule has 1 saturated carbocycles. The van der Waals surface area contributed by atoms with Gasteiger partial charge >= 0.3 is 0 Å². The van der Waals surface area contributed by atoms with E-state index in [-0.39, 0.29) is 30.0 Å². The predicted molar refractivity (Wildman–Crippen MR) is 110 cm³/mol. The zero-order chi connectivity index (χ0) is 20.7. The Labute approximate surface area is 171 Å². The number of amides is 1. The molecule has 1 amide bonds. The number of methoxy groups -OCH3 is 1. The van der Waals surface area contributed by atoms with Crippen molar-refractivity contribution in [3.63, 3.8) is 0 Å². The van der Waals surface area contributed by atoms with Gasteiger partial charge < -0.3 is 14.8 Å². The van der Waals surface area contributed by atoms with Crippen LogP contribution in [0.15, 0.2) is 53.4 Å². The van der Waals surface area contributed by atoms with Crippen molar-refractivity contribution in [2.24, 2.45) is 0 Å². The van der Waals surface area contributed by atoms with E-state index in [0.717, 1.165) is 25.7 Å². The van der Waals surface area contributed by atoms with E-state index in [0.29, 0.717) is 17.1 Å². The molecule has 0 radical (unpaired) electrons. The fourth-order valence-corrected chi connectivity index (χ4v) is 4.61. The normalized spacial score (nSPS) is 14.5. The quantitative estimate of drug-likeness (QED) is 0.611. The molecule has 0 saturated heterocycles. The Morgan fingerprint density at radius 1 is 1.07 bits per heavy atom. The Morgan fingerprint density at radius 2 is 1.79 bits per heavy atom. The largest absolute Gasteiger partial charge is 0.497 e. The summed E-state index contributed by atoms with van der Waals surface area (Å²) in [5.74, 6) is 0.984. The number of hydrogen-bond donors (Lipinski definition) is 2. The van der Waals surface area contributed by atoms with Gasteiger partial charge in [-0.15, -0.1) is 0 Å². The fourth-order valence-electron chi connectivity index (χ4n) is 3.26. The maximum absolute atomic E-state index is 12.6. The van der Waals surface area contributed by atoms with Gasteiger partial charge in [0.25, 0.3) is 5.91 Å². The minimum atomic E-state index is -3.63. The van der Waals surface area contributed by atoms with Crippen molar-refractivity contribution in [3.8, 4) is 11.5 Å². The van der Waals surface area contributed by atoms with E-state index in [1.807, 2.05) is 12.1 Å². The molecule has 0 unspecified atom stereocenters. The van der Waals surface area contributed by atoms with Gasteiger partial charge in [0.2, 0.25) is 10.0 Å². The summed E-state index contributed by atoms with van der Waals surface area (Å²) in [6, 6.07) is 13.2. The molecular formula is C21H26N2O5S. The third-order valence-electron chi connectivity index (χ3n) is 4.78. The van der Waals surface area contributed by atoms with Crippen molar-refractivity contribution in [1.29, 1.82) is 0 Å². The summed E-state index contributed by atoms with van der Waals surface area (Å²) < 4.78 is 38.6. The number of carbonyl (C=O) groups excluding carboxylic acids is 1. The van der Waals surface area contributed by atoms with E-state index in [4.69, 9.17) is 9.47 Å². The van der Waals surface area contributed by atoms with Gasteiger partial charge in [0, 0.05) is 17.7 Å². The van der Waals surface area contributed by atoms with Gasteiger partial charge in [0.15, 0.2) is 0 Å². The van der Waals surface area contributed by atoms with Crippen LogP contribution in [0.4, 0.5) is 0 Å². The molecule has 7 nitrogen and oxygen atoms in total. The number of carbonyl (C=O) groups is 1. The van der Waals surface area contributed by atoms with Crippen LogP contribution in [0.3, 0.4) is 0 Å². The number of hydrogen-bond acceptors (Lipinski definition) is 5. The molecule has 2 aromatic rings. The van der Waals surface area contributed by atoms with Gasteiger partial charge in [-0.05, 0) is 43.2 Å². The molecule has 1 fully saturated rings. The first-order chi connectivity index (χ1) is 14.0. The van der Waals surface area contributed by atoms with Gasteiger partial charge in [0.1, 0.15) is 18.1 Å². The maximum atomic E-state index is 12.6. The topological polar surface area (TPSA) is 93.7 Å². The van der Waals surface area contributed by atoms with E-state index >= 15 is 0 Å². The summed E-state index contributed by atoms with van der Waals surface area (Å²) in [6.07, 6.45) is 3.78. The average molecular weight is 419 g/mol. The molecule has 0 aromatic heterocycles. The molecule has 8 heteroatoms. The van der Waals surface area contributed by atoms with E-state index in [1.54, 1.807) is 31.4 Å². The lowest BCUT2D eigenvalue weighted by atomic mass is 10.2. The van der Waals surface area contributed by atoms with Crippen LogP contribution in [-0.2, 0) is 10.0 Å². The first kappa shape index (κ1) is 21.1. The number of rotatable bonds is 9. The van der Waals surface area contributed by atoms with Crippen LogP contribution in [0.1, 0.15) is 36.0 Å². The maximum Gasteiger partial charge on any atom is 0.251 e. The van der Waals surface area contributed by atoms with Gasteiger partial charge in [-0.2, -0.15) is 0 Å².